The molecule has 1 rings (SSSR count). The van der Waals surface area contributed by atoms with Gasteiger partial charge in [0.25, 0.3) is 0 Å². The molecule has 114 valence electrons. The van der Waals surface area contributed by atoms with Crippen molar-refractivity contribution in [3.8, 4) is 0 Å². The van der Waals surface area contributed by atoms with Crippen molar-refractivity contribution in [3.63, 3.8) is 0 Å². The van der Waals surface area contributed by atoms with Gasteiger partial charge in [-0.3, -0.25) is 0 Å². The van der Waals surface area contributed by atoms with Gasteiger partial charge in [-0.2, -0.15) is 0 Å². The van der Waals surface area contributed by atoms with Crippen molar-refractivity contribution in [1.29, 1.82) is 0 Å². The molecule has 20 heavy (non-hydrogen) atoms. The third-order valence-corrected chi connectivity index (χ3v) is 3.75. The summed E-state index contributed by atoms with van der Waals surface area (Å²) in [6, 6.07) is 0. The lowest BCUT2D eigenvalue weighted by Gasteiger charge is -2.22. The molecule has 0 aliphatic carbocycles. The molecule has 1 aromatic heterocycles. The van der Waals surface area contributed by atoms with E-state index in [1.807, 2.05) is 0 Å². The van der Waals surface area contributed by atoms with Crippen LogP contribution in [0, 0.1) is 3.57 Å². The van der Waals surface area contributed by atoms with Gasteiger partial charge in [-0.05, 0) is 35.4 Å². The van der Waals surface area contributed by atoms with E-state index >= 15 is 0 Å². The van der Waals surface area contributed by atoms with Crippen LogP contribution in [0.5, 0.6) is 0 Å². The van der Waals surface area contributed by atoms with Crippen LogP contribution in [0.4, 0.5) is 5.82 Å². The Bertz CT molecular complexity index is 430. The van der Waals surface area contributed by atoms with E-state index in [-0.39, 0.29) is 5.41 Å². The number of halogens is 1. The van der Waals surface area contributed by atoms with E-state index in [0.717, 1.165) is 46.9 Å². The number of hydrogen-bond acceptors (Lipinski definition) is 4. The minimum Gasteiger partial charge on any atom is -0.373 e. The van der Waals surface area contributed by atoms with Gasteiger partial charge < -0.3 is 10.1 Å². The lowest BCUT2D eigenvalue weighted by molar-refractivity contribution is 0.116. The van der Waals surface area contributed by atoms with Crippen LogP contribution in [-0.4, -0.2) is 23.1 Å². The predicted octanol–water partition coefficient (Wildman–Crippen LogP) is 4.13. The normalized spacial score (nSPS) is 11.7. The van der Waals surface area contributed by atoms with Crippen LogP contribution in [0.2, 0.25) is 0 Å². The average molecular weight is 391 g/mol. The Morgan fingerprint density at radius 1 is 1.15 bits per heavy atom. The lowest BCUT2D eigenvalue weighted by atomic mass is 9.92. The van der Waals surface area contributed by atoms with Gasteiger partial charge in [0.05, 0.1) is 9.26 Å². The van der Waals surface area contributed by atoms with Crippen LogP contribution >= 0.6 is 22.6 Å². The summed E-state index contributed by atoms with van der Waals surface area (Å²) >= 11 is 2.34. The summed E-state index contributed by atoms with van der Waals surface area (Å²) in [7, 11) is 0. The number of nitrogens with zero attached hydrogens (tertiary/aromatic N) is 2. The highest BCUT2D eigenvalue weighted by molar-refractivity contribution is 14.1. The first-order chi connectivity index (χ1) is 9.40. The molecule has 1 aromatic rings. The van der Waals surface area contributed by atoms with Crippen molar-refractivity contribution >= 4 is 28.4 Å². The zero-order valence-corrected chi connectivity index (χ0v) is 15.4. The summed E-state index contributed by atoms with van der Waals surface area (Å²) < 4.78 is 6.69. The number of anilines is 1. The fourth-order valence-corrected chi connectivity index (χ4v) is 2.96. The highest BCUT2D eigenvalue weighted by Gasteiger charge is 2.23. The van der Waals surface area contributed by atoms with E-state index in [2.05, 4.69) is 67.5 Å². The Morgan fingerprint density at radius 3 is 2.40 bits per heavy atom. The first-order valence-electron chi connectivity index (χ1n) is 7.28. The second-order valence-electron chi connectivity index (χ2n) is 5.88. The number of rotatable bonds is 7. The number of nitrogens with one attached hydrogen (secondary N) is 1. The van der Waals surface area contributed by atoms with E-state index in [9.17, 15) is 0 Å². The van der Waals surface area contributed by atoms with Gasteiger partial charge in [-0.25, -0.2) is 9.97 Å². The highest BCUT2D eigenvalue weighted by atomic mass is 127. The largest absolute Gasteiger partial charge is 0.373 e. The summed E-state index contributed by atoms with van der Waals surface area (Å²) in [5, 5.41) is 3.39. The standard InChI is InChI=1S/C15H26IN3O/c1-6-8-17-14-12(16)13(15(3,4)5)18-11(19-14)10-20-9-7-2/h6-10H2,1-5H3,(H,17,18,19). The first-order valence-corrected chi connectivity index (χ1v) is 8.36. The Morgan fingerprint density at radius 2 is 1.85 bits per heavy atom. The second kappa shape index (κ2) is 8.12. The van der Waals surface area contributed by atoms with Gasteiger partial charge in [-0.15, -0.1) is 0 Å². The highest BCUT2D eigenvalue weighted by Crippen LogP contribution is 2.29. The van der Waals surface area contributed by atoms with E-state index in [1.165, 1.54) is 0 Å². The van der Waals surface area contributed by atoms with Gasteiger partial charge in [0.15, 0.2) is 5.82 Å². The monoisotopic (exact) mass is 391 g/mol. The van der Waals surface area contributed by atoms with E-state index in [4.69, 9.17) is 9.72 Å². The van der Waals surface area contributed by atoms with Crippen LogP contribution < -0.4 is 5.32 Å². The van der Waals surface area contributed by atoms with Crippen LogP contribution in [0.1, 0.15) is 59.0 Å². The molecule has 1 heterocycles. The number of ether oxygens (including phenoxy) is 1. The third-order valence-electron chi connectivity index (χ3n) is 2.73. The van der Waals surface area contributed by atoms with Crippen molar-refractivity contribution in [3.05, 3.63) is 15.1 Å². The molecule has 0 bridgehead atoms. The Balaban J connectivity index is 3.06. The average Bonchev–Trinajstić information content (AvgIpc) is 2.37. The molecule has 0 saturated heterocycles. The maximum absolute atomic E-state index is 5.58. The Hall–Kier alpha value is -0.430. The topological polar surface area (TPSA) is 47.0 Å². The van der Waals surface area contributed by atoms with Crippen molar-refractivity contribution in [1.82, 2.24) is 9.97 Å². The quantitative estimate of drug-likeness (QED) is 0.561. The molecule has 0 atom stereocenters. The minimum atomic E-state index is 0.00160. The molecule has 4 nitrogen and oxygen atoms in total. The molecule has 0 aliphatic rings. The first kappa shape index (κ1) is 17.6. The van der Waals surface area contributed by atoms with Gasteiger partial charge in [0, 0.05) is 18.6 Å². The van der Waals surface area contributed by atoms with E-state index < -0.39 is 0 Å². The number of aromatic nitrogens is 2. The Kier molecular flexibility index (Phi) is 7.15. The molecule has 1 N–H and O–H groups in total. The molecular formula is C15H26IN3O. The fraction of sp³-hybridized carbons (Fsp3) is 0.733. The van der Waals surface area contributed by atoms with Crippen molar-refractivity contribution < 1.29 is 4.74 Å². The molecule has 0 fully saturated rings. The summed E-state index contributed by atoms with van der Waals surface area (Å²) in [5.74, 6) is 1.70. The summed E-state index contributed by atoms with van der Waals surface area (Å²) in [5.41, 5.74) is 1.09. The molecule has 5 heteroatoms. The third kappa shape index (κ3) is 5.16. The van der Waals surface area contributed by atoms with Gasteiger partial charge in [0.2, 0.25) is 0 Å². The zero-order chi connectivity index (χ0) is 15.2. The molecule has 0 amide bonds. The predicted molar refractivity (Wildman–Crippen MR) is 92.2 cm³/mol. The fourth-order valence-electron chi connectivity index (χ4n) is 1.72. The lowest BCUT2D eigenvalue weighted by Crippen LogP contribution is -2.20. The maximum Gasteiger partial charge on any atom is 0.156 e. The summed E-state index contributed by atoms with van der Waals surface area (Å²) in [6.07, 6.45) is 2.09. The maximum atomic E-state index is 5.58. The molecule has 0 spiro atoms. The van der Waals surface area contributed by atoms with Crippen LogP contribution in [0.3, 0.4) is 0 Å². The summed E-state index contributed by atoms with van der Waals surface area (Å²) in [6.45, 7) is 12.9. The molecule has 0 aliphatic heterocycles. The van der Waals surface area contributed by atoms with Gasteiger partial charge in [-0.1, -0.05) is 34.6 Å². The van der Waals surface area contributed by atoms with Gasteiger partial charge in [0.1, 0.15) is 12.4 Å². The van der Waals surface area contributed by atoms with Crippen LogP contribution in [0.15, 0.2) is 0 Å². The van der Waals surface area contributed by atoms with Gasteiger partial charge >= 0.3 is 0 Å². The van der Waals surface area contributed by atoms with Crippen LogP contribution in [0.25, 0.3) is 0 Å². The zero-order valence-electron chi connectivity index (χ0n) is 13.2. The molecule has 0 radical (unpaired) electrons. The second-order valence-corrected chi connectivity index (χ2v) is 6.96. The summed E-state index contributed by atoms with van der Waals surface area (Å²) in [4.78, 5) is 9.30. The van der Waals surface area contributed by atoms with E-state index in [0.29, 0.717) is 6.61 Å². The molecular weight excluding hydrogens is 365 g/mol. The number of hydrogen-bond donors (Lipinski definition) is 1. The van der Waals surface area contributed by atoms with Crippen molar-refractivity contribution in [2.45, 2.75) is 59.5 Å². The minimum absolute atomic E-state index is 0.00160. The van der Waals surface area contributed by atoms with Crippen LogP contribution in [-0.2, 0) is 16.8 Å². The molecule has 0 aromatic carbocycles. The smallest absolute Gasteiger partial charge is 0.156 e. The molecule has 0 unspecified atom stereocenters. The SMILES string of the molecule is CCCNc1nc(COCCC)nc(C(C)(C)C)c1I. The Labute approximate surface area is 136 Å². The molecule has 0 saturated carbocycles. The van der Waals surface area contributed by atoms with E-state index in [1.54, 1.807) is 0 Å². The van der Waals surface area contributed by atoms with Crippen molar-refractivity contribution in [2.75, 3.05) is 18.5 Å². The van der Waals surface area contributed by atoms with Crippen molar-refractivity contribution in [2.24, 2.45) is 0 Å².